The van der Waals surface area contributed by atoms with Gasteiger partial charge in [-0.1, -0.05) is 6.92 Å². The molecule has 0 aliphatic heterocycles. The van der Waals surface area contributed by atoms with E-state index in [0.29, 0.717) is 16.7 Å². The number of halogens is 1. The summed E-state index contributed by atoms with van der Waals surface area (Å²) in [6, 6.07) is 0.00407. The molecule has 0 aromatic carbocycles. The highest BCUT2D eigenvalue weighted by Crippen LogP contribution is 2.15. The zero-order chi connectivity index (χ0) is 14.4. The highest BCUT2D eigenvalue weighted by atomic mass is 79.9. The van der Waals surface area contributed by atoms with E-state index in [-0.39, 0.29) is 12.6 Å². The van der Waals surface area contributed by atoms with Gasteiger partial charge in [-0.3, -0.25) is 9.59 Å². The summed E-state index contributed by atoms with van der Waals surface area (Å²) in [7, 11) is 1.25. The fourth-order valence-corrected chi connectivity index (χ4v) is 1.72. The first-order valence-electron chi connectivity index (χ1n) is 5.81. The Hall–Kier alpha value is -1.41. The molecule has 0 radical (unpaired) electrons. The predicted octanol–water partition coefficient (Wildman–Crippen LogP) is 0.328. The molecule has 0 saturated carbocycles. The van der Waals surface area contributed by atoms with Crippen LogP contribution in [-0.4, -0.2) is 35.4 Å². The summed E-state index contributed by atoms with van der Waals surface area (Å²) in [5, 5.41) is 6.94. The summed E-state index contributed by atoms with van der Waals surface area (Å²) in [6.07, 6.45) is 2.30. The van der Waals surface area contributed by atoms with E-state index in [9.17, 15) is 9.59 Å². The third-order valence-corrected chi connectivity index (χ3v) is 3.34. The molecule has 0 aliphatic carbocycles. The molecule has 1 atom stereocenters. The highest BCUT2D eigenvalue weighted by molar-refractivity contribution is 9.10. The fraction of sp³-hybridized carbons (Fsp3) is 0.545. The molecule has 0 aliphatic rings. The third-order valence-electron chi connectivity index (χ3n) is 2.57. The lowest BCUT2D eigenvalue weighted by Gasteiger charge is -2.13. The van der Waals surface area contributed by atoms with Gasteiger partial charge in [-0.15, -0.1) is 0 Å². The van der Waals surface area contributed by atoms with Gasteiger partial charge < -0.3 is 15.8 Å². The molecule has 1 unspecified atom stereocenters. The SMILES string of the molecule is CCC(N)CNc1cnn(CC(=O)OC)c(=O)c1Br. The Morgan fingerprint density at radius 2 is 2.37 bits per heavy atom. The van der Waals surface area contributed by atoms with Gasteiger partial charge in [0.05, 0.1) is 19.0 Å². The summed E-state index contributed by atoms with van der Waals surface area (Å²) in [5.41, 5.74) is 5.93. The summed E-state index contributed by atoms with van der Waals surface area (Å²) < 4.78 is 5.83. The molecule has 0 amide bonds. The first-order valence-corrected chi connectivity index (χ1v) is 6.60. The van der Waals surface area contributed by atoms with E-state index < -0.39 is 11.5 Å². The molecule has 1 aromatic heterocycles. The number of methoxy groups -OCH3 is 1. The van der Waals surface area contributed by atoms with Crippen molar-refractivity contribution in [3.8, 4) is 0 Å². The fourth-order valence-electron chi connectivity index (χ4n) is 1.27. The van der Waals surface area contributed by atoms with Crippen LogP contribution in [0.1, 0.15) is 13.3 Å². The molecule has 0 fully saturated rings. The van der Waals surface area contributed by atoms with Gasteiger partial charge in [0.1, 0.15) is 11.0 Å². The number of nitrogens with zero attached hydrogens (tertiary/aromatic N) is 2. The van der Waals surface area contributed by atoms with Crippen molar-refractivity contribution >= 4 is 27.6 Å². The number of nitrogens with one attached hydrogen (secondary N) is 1. The topological polar surface area (TPSA) is 99.2 Å². The summed E-state index contributed by atoms with van der Waals surface area (Å²) >= 11 is 3.19. The van der Waals surface area contributed by atoms with Crippen molar-refractivity contribution in [3.63, 3.8) is 0 Å². The zero-order valence-corrected chi connectivity index (χ0v) is 12.4. The highest BCUT2D eigenvalue weighted by Gasteiger charge is 2.12. The van der Waals surface area contributed by atoms with Crippen molar-refractivity contribution in [1.29, 1.82) is 0 Å². The van der Waals surface area contributed by atoms with Crippen LogP contribution < -0.4 is 16.6 Å². The molecular formula is C11H17BrN4O3. The van der Waals surface area contributed by atoms with Gasteiger partial charge in [0.2, 0.25) is 0 Å². The van der Waals surface area contributed by atoms with Crippen LogP contribution in [0.4, 0.5) is 5.69 Å². The average molecular weight is 333 g/mol. The lowest BCUT2D eigenvalue weighted by Crippen LogP contribution is -2.31. The van der Waals surface area contributed by atoms with Crippen LogP contribution in [0.15, 0.2) is 15.5 Å². The number of anilines is 1. The summed E-state index contributed by atoms with van der Waals surface area (Å²) in [5.74, 6) is -0.532. The van der Waals surface area contributed by atoms with Gasteiger partial charge in [0.25, 0.3) is 5.56 Å². The summed E-state index contributed by atoms with van der Waals surface area (Å²) in [4.78, 5) is 23.0. The van der Waals surface area contributed by atoms with Crippen molar-refractivity contribution in [3.05, 3.63) is 21.0 Å². The van der Waals surface area contributed by atoms with E-state index in [1.54, 1.807) is 0 Å². The smallest absolute Gasteiger partial charge is 0.327 e. The monoisotopic (exact) mass is 332 g/mol. The van der Waals surface area contributed by atoms with Crippen LogP contribution >= 0.6 is 15.9 Å². The Kier molecular flexibility index (Phi) is 5.97. The number of ether oxygens (including phenoxy) is 1. The van der Waals surface area contributed by atoms with Gasteiger partial charge in [0.15, 0.2) is 0 Å². The normalized spacial score (nSPS) is 12.0. The first kappa shape index (κ1) is 15.6. The van der Waals surface area contributed by atoms with Gasteiger partial charge in [-0.05, 0) is 22.4 Å². The Labute approximate surface area is 119 Å². The van der Waals surface area contributed by atoms with Crippen molar-refractivity contribution in [2.75, 3.05) is 19.0 Å². The van der Waals surface area contributed by atoms with Crippen LogP contribution in [0.2, 0.25) is 0 Å². The first-order chi connectivity index (χ1) is 8.99. The maximum absolute atomic E-state index is 11.9. The molecule has 3 N–H and O–H groups in total. The van der Waals surface area contributed by atoms with Crippen LogP contribution in [0, 0.1) is 0 Å². The lowest BCUT2D eigenvalue weighted by molar-refractivity contribution is -0.141. The Balaban J connectivity index is 2.85. The van der Waals surface area contributed by atoms with Gasteiger partial charge in [-0.25, -0.2) is 4.68 Å². The van der Waals surface area contributed by atoms with E-state index in [1.165, 1.54) is 13.3 Å². The molecule has 1 heterocycles. The Morgan fingerprint density at radius 3 is 2.95 bits per heavy atom. The van der Waals surface area contributed by atoms with Crippen molar-refractivity contribution in [1.82, 2.24) is 9.78 Å². The third kappa shape index (κ3) is 4.32. The largest absolute Gasteiger partial charge is 0.468 e. The van der Waals surface area contributed by atoms with E-state index in [0.717, 1.165) is 11.1 Å². The predicted molar refractivity (Wildman–Crippen MR) is 75.0 cm³/mol. The number of hydrogen-bond acceptors (Lipinski definition) is 6. The van der Waals surface area contributed by atoms with Crippen LogP contribution in [-0.2, 0) is 16.1 Å². The number of nitrogens with two attached hydrogens (primary N) is 1. The van der Waals surface area contributed by atoms with E-state index in [2.05, 4.69) is 31.1 Å². The second-order valence-electron chi connectivity index (χ2n) is 3.96. The number of rotatable bonds is 6. The van der Waals surface area contributed by atoms with E-state index in [1.807, 2.05) is 6.92 Å². The Morgan fingerprint density at radius 1 is 1.68 bits per heavy atom. The van der Waals surface area contributed by atoms with Crippen molar-refractivity contribution < 1.29 is 9.53 Å². The van der Waals surface area contributed by atoms with Crippen LogP contribution in [0.25, 0.3) is 0 Å². The van der Waals surface area contributed by atoms with Crippen molar-refractivity contribution in [2.24, 2.45) is 5.73 Å². The number of carbonyl (C=O) groups excluding carboxylic acids is 1. The molecule has 0 spiro atoms. The molecule has 0 saturated heterocycles. The minimum Gasteiger partial charge on any atom is -0.468 e. The molecule has 19 heavy (non-hydrogen) atoms. The Bertz CT molecular complexity index is 503. The molecule has 8 heteroatoms. The van der Waals surface area contributed by atoms with E-state index >= 15 is 0 Å². The van der Waals surface area contributed by atoms with Gasteiger partial charge >= 0.3 is 5.97 Å². The molecule has 1 aromatic rings. The number of hydrogen-bond donors (Lipinski definition) is 2. The molecular weight excluding hydrogens is 316 g/mol. The molecule has 0 bridgehead atoms. The molecule has 7 nitrogen and oxygen atoms in total. The summed E-state index contributed by atoms with van der Waals surface area (Å²) in [6.45, 7) is 2.30. The minimum absolute atomic E-state index is 0.00407. The number of carbonyl (C=O) groups is 1. The van der Waals surface area contributed by atoms with Crippen LogP contribution in [0.3, 0.4) is 0 Å². The van der Waals surface area contributed by atoms with Gasteiger partial charge in [-0.2, -0.15) is 5.10 Å². The second kappa shape index (κ2) is 7.25. The number of aromatic nitrogens is 2. The quantitative estimate of drug-likeness (QED) is 0.728. The standard InChI is InChI=1S/C11H17BrN4O3/c1-3-7(13)4-14-8-5-15-16(6-9(17)19-2)11(18)10(8)12/h5,7,14H,3-4,6,13H2,1-2H3. The van der Waals surface area contributed by atoms with Crippen molar-refractivity contribution in [2.45, 2.75) is 25.9 Å². The number of esters is 1. The lowest BCUT2D eigenvalue weighted by atomic mass is 10.2. The van der Waals surface area contributed by atoms with Crippen LogP contribution in [0.5, 0.6) is 0 Å². The van der Waals surface area contributed by atoms with Gasteiger partial charge in [0, 0.05) is 12.6 Å². The molecule has 1 rings (SSSR count). The average Bonchev–Trinajstić information content (AvgIpc) is 2.42. The maximum Gasteiger partial charge on any atom is 0.327 e. The maximum atomic E-state index is 11.9. The second-order valence-corrected chi connectivity index (χ2v) is 4.75. The molecule has 106 valence electrons. The zero-order valence-electron chi connectivity index (χ0n) is 10.9. The van der Waals surface area contributed by atoms with E-state index in [4.69, 9.17) is 5.73 Å². The minimum atomic E-state index is -0.532.